The van der Waals surface area contributed by atoms with Crippen molar-refractivity contribution in [2.45, 2.75) is 29.2 Å². The Bertz CT molecular complexity index is 1230. The summed E-state index contributed by atoms with van der Waals surface area (Å²) >= 11 is 2.31. The Labute approximate surface area is 211 Å². The van der Waals surface area contributed by atoms with Crippen molar-refractivity contribution in [1.29, 1.82) is 0 Å². The maximum Gasteiger partial charge on any atom is 0.352 e. The SMILES string of the molecule is COc1ccc([C@@H](O)C(=O)NC2C(=O)N3C(C(=O)O)=C(CSc4nnnn4CC(=O)O)CS[C@H]23)cc1. The lowest BCUT2D eigenvalue weighted by Crippen LogP contribution is -2.70. The van der Waals surface area contributed by atoms with Gasteiger partial charge in [0, 0.05) is 11.5 Å². The van der Waals surface area contributed by atoms with Gasteiger partial charge in [-0.1, -0.05) is 23.9 Å². The van der Waals surface area contributed by atoms with Crippen molar-refractivity contribution in [3.8, 4) is 5.75 Å². The smallest absolute Gasteiger partial charge is 0.352 e. The Kier molecular flexibility index (Phi) is 7.46. The first kappa shape index (κ1) is 25.5. The Hall–Kier alpha value is -3.63. The van der Waals surface area contributed by atoms with Gasteiger partial charge in [0.15, 0.2) is 6.10 Å². The predicted octanol–water partition coefficient (Wildman–Crippen LogP) is -0.669. The molecule has 3 atom stereocenters. The van der Waals surface area contributed by atoms with E-state index in [1.807, 2.05) is 0 Å². The monoisotopic (exact) mass is 536 g/mol. The van der Waals surface area contributed by atoms with Crippen LogP contribution in [0.5, 0.6) is 5.75 Å². The van der Waals surface area contributed by atoms with Crippen LogP contribution in [0.25, 0.3) is 0 Å². The fraction of sp³-hybridized carbons (Fsp3) is 0.350. The van der Waals surface area contributed by atoms with Crippen molar-refractivity contribution in [2.75, 3.05) is 18.6 Å². The molecule has 16 heteroatoms. The molecule has 36 heavy (non-hydrogen) atoms. The summed E-state index contributed by atoms with van der Waals surface area (Å²) in [6.45, 7) is -0.453. The quantitative estimate of drug-likeness (QED) is 0.220. The number of carbonyl (C=O) groups excluding carboxylic acids is 2. The molecule has 2 amide bonds. The second kappa shape index (κ2) is 10.5. The number of amides is 2. The zero-order chi connectivity index (χ0) is 26.0. The summed E-state index contributed by atoms with van der Waals surface area (Å²) in [5.41, 5.74) is 0.536. The molecule has 3 heterocycles. The highest BCUT2D eigenvalue weighted by molar-refractivity contribution is 8.01. The number of β-lactam (4-membered cyclic amide) rings is 1. The molecule has 0 radical (unpaired) electrons. The third-order valence-electron chi connectivity index (χ3n) is 5.39. The Morgan fingerprint density at radius 3 is 2.64 bits per heavy atom. The van der Waals surface area contributed by atoms with Crippen molar-refractivity contribution in [3.05, 3.63) is 41.1 Å². The molecule has 1 fully saturated rings. The highest BCUT2D eigenvalue weighted by Crippen LogP contribution is 2.41. The highest BCUT2D eigenvalue weighted by atomic mass is 32.2. The van der Waals surface area contributed by atoms with Crippen molar-refractivity contribution in [1.82, 2.24) is 30.4 Å². The first-order valence-corrected chi connectivity index (χ1v) is 12.4. The summed E-state index contributed by atoms with van der Waals surface area (Å²) in [5.74, 6) is -2.94. The highest BCUT2D eigenvalue weighted by Gasteiger charge is 2.54. The topological polar surface area (TPSA) is 197 Å². The van der Waals surface area contributed by atoms with E-state index in [0.29, 0.717) is 16.9 Å². The largest absolute Gasteiger partial charge is 0.497 e. The van der Waals surface area contributed by atoms with Crippen LogP contribution >= 0.6 is 23.5 Å². The number of hydrogen-bond acceptors (Lipinski definition) is 11. The number of tetrazole rings is 1. The molecule has 0 saturated carbocycles. The van der Waals surface area contributed by atoms with Gasteiger partial charge in [0.2, 0.25) is 5.16 Å². The summed E-state index contributed by atoms with van der Waals surface area (Å²) in [6.07, 6.45) is -1.52. The summed E-state index contributed by atoms with van der Waals surface area (Å²) in [7, 11) is 1.49. The van der Waals surface area contributed by atoms with Gasteiger partial charge in [-0.25, -0.2) is 9.48 Å². The fourth-order valence-corrected chi connectivity index (χ4v) is 6.00. The average Bonchev–Trinajstić information content (AvgIpc) is 3.30. The average molecular weight is 537 g/mol. The third kappa shape index (κ3) is 5.00. The standard InChI is InChI=1S/C20H20N6O8S2/c1-34-11-4-2-9(3-5-11)15(29)16(30)21-13-17(31)26-14(19(32)33)10(7-35-18(13)26)8-36-20-22-23-24-25(20)6-12(27)28/h2-5,13,15,18,29H,6-8H2,1H3,(H,21,30)(H,27,28)(H,32,33)/t13?,15-,18-/m1/s1. The molecule has 4 rings (SSSR count). The van der Waals surface area contributed by atoms with E-state index in [0.717, 1.165) is 21.3 Å². The van der Waals surface area contributed by atoms with Gasteiger partial charge in [-0.3, -0.25) is 19.3 Å². The molecule has 4 N–H and O–H groups in total. The van der Waals surface area contributed by atoms with Crippen LogP contribution < -0.4 is 10.1 Å². The molecule has 0 spiro atoms. The molecule has 0 aliphatic carbocycles. The van der Waals surface area contributed by atoms with Gasteiger partial charge in [-0.15, -0.1) is 16.9 Å². The lowest BCUT2D eigenvalue weighted by Gasteiger charge is -2.49. The molecular weight excluding hydrogens is 516 g/mol. The first-order valence-electron chi connectivity index (χ1n) is 10.3. The van der Waals surface area contributed by atoms with Crippen molar-refractivity contribution >= 4 is 47.3 Å². The molecular formula is C20H20N6O8S2. The summed E-state index contributed by atoms with van der Waals surface area (Å²) < 4.78 is 6.12. The number of nitrogens with zero attached hydrogens (tertiary/aromatic N) is 5. The lowest BCUT2D eigenvalue weighted by molar-refractivity contribution is -0.151. The molecule has 1 unspecified atom stereocenters. The summed E-state index contributed by atoms with van der Waals surface area (Å²) in [5, 5.41) is 41.9. The number of aliphatic hydroxyl groups is 1. The minimum atomic E-state index is -1.52. The second-order valence-electron chi connectivity index (χ2n) is 7.63. The zero-order valence-electron chi connectivity index (χ0n) is 18.6. The minimum Gasteiger partial charge on any atom is -0.497 e. The summed E-state index contributed by atoms with van der Waals surface area (Å²) in [4.78, 5) is 49.5. The molecule has 1 aromatic heterocycles. The molecule has 0 bridgehead atoms. The number of aliphatic carboxylic acids is 2. The van der Waals surface area contributed by atoms with E-state index in [4.69, 9.17) is 9.84 Å². The van der Waals surface area contributed by atoms with Gasteiger partial charge in [0.1, 0.15) is 29.4 Å². The van der Waals surface area contributed by atoms with Gasteiger partial charge in [0.05, 0.1) is 7.11 Å². The second-order valence-corrected chi connectivity index (χ2v) is 9.68. The van der Waals surface area contributed by atoms with E-state index in [2.05, 4.69) is 20.8 Å². The molecule has 14 nitrogen and oxygen atoms in total. The number of aromatic nitrogens is 4. The number of fused-ring (bicyclic) bond motifs is 1. The molecule has 190 valence electrons. The summed E-state index contributed by atoms with van der Waals surface area (Å²) in [6, 6.07) is 5.22. The van der Waals surface area contributed by atoms with Gasteiger partial charge < -0.3 is 25.4 Å². The van der Waals surface area contributed by atoms with Gasteiger partial charge in [0.25, 0.3) is 11.8 Å². The van der Waals surface area contributed by atoms with E-state index in [-0.39, 0.29) is 22.4 Å². The van der Waals surface area contributed by atoms with E-state index in [9.17, 15) is 29.4 Å². The van der Waals surface area contributed by atoms with Gasteiger partial charge in [-0.2, -0.15) is 0 Å². The predicted molar refractivity (Wildman–Crippen MR) is 124 cm³/mol. The van der Waals surface area contributed by atoms with Crippen LogP contribution in [0.2, 0.25) is 0 Å². The molecule has 2 aliphatic heterocycles. The number of aliphatic hydroxyl groups excluding tert-OH is 1. The van der Waals surface area contributed by atoms with Crippen LogP contribution in [-0.2, 0) is 25.7 Å². The number of methoxy groups -OCH3 is 1. The normalized spacial score (nSPS) is 19.8. The van der Waals surface area contributed by atoms with E-state index < -0.39 is 47.8 Å². The minimum absolute atomic E-state index is 0.109. The van der Waals surface area contributed by atoms with E-state index in [1.165, 1.54) is 31.0 Å². The maximum atomic E-state index is 12.8. The maximum absolute atomic E-state index is 12.8. The first-order chi connectivity index (χ1) is 17.2. The van der Waals surface area contributed by atoms with Crippen molar-refractivity contribution in [2.24, 2.45) is 0 Å². The molecule has 2 aliphatic rings. The number of carboxylic acid groups (broad SMARTS) is 2. The van der Waals surface area contributed by atoms with Gasteiger partial charge in [-0.05, 0) is 33.7 Å². The number of carboxylic acids is 2. The molecule has 1 aromatic carbocycles. The van der Waals surface area contributed by atoms with Crippen LogP contribution in [0, 0.1) is 0 Å². The Morgan fingerprint density at radius 1 is 1.28 bits per heavy atom. The van der Waals surface area contributed by atoms with Crippen LogP contribution in [0.15, 0.2) is 40.7 Å². The number of nitrogens with one attached hydrogen (secondary N) is 1. The number of benzene rings is 1. The lowest BCUT2D eigenvalue weighted by atomic mass is 10.0. The van der Waals surface area contributed by atoms with Crippen LogP contribution in [0.4, 0.5) is 0 Å². The van der Waals surface area contributed by atoms with E-state index >= 15 is 0 Å². The van der Waals surface area contributed by atoms with Crippen molar-refractivity contribution in [3.63, 3.8) is 0 Å². The molecule has 2 aromatic rings. The van der Waals surface area contributed by atoms with Crippen LogP contribution in [-0.4, -0.2) is 94.2 Å². The Balaban J connectivity index is 1.43. The fourth-order valence-electron chi connectivity index (χ4n) is 3.64. The van der Waals surface area contributed by atoms with Crippen LogP contribution in [0.3, 0.4) is 0 Å². The number of rotatable bonds is 10. The Morgan fingerprint density at radius 2 is 2.00 bits per heavy atom. The van der Waals surface area contributed by atoms with E-state index in [1.54, 1.807) is 12.1 Å². The zero-order valence-corrected chi connectivity index (χ0v) is 20.2. The number of carbonyl (C=O) groups is 4. The number of hydrogen-bond donors (Lipinski definition) is 4. The third-order valence-corrected chi connectivity index (χ3v) is 7.77. The van der Waals surface area contributed by atoms with Crippen LogP contribution in [0.1, 0.15) is 11.7 Å². The van der Waals surface area contributed by atoms with Crippen molar-refractivity contribution < 1.29 is 39.2 Å². The number of thioether (sulfide) groups is 2. The number of ether oxygens (including phenoxy) is 1. The molecule has 1 saturated heterocycles. The van der Waals surface area contributed by atoms with Gasteiger partial charge >= 0.3 is 11.9 Å².